The molecule has 5 nitrogen and oxygen atoms in total. The van der Waals surface area contributed by atoms with E-state index in [-0.39, 0.29) is 0 Å². The lowest BCUT2D eigenvalue weighted by Gasteiger charge is -2.04. The zero-order chi connectivity index (χ0) is 16.1. The predicted molar refractivity (Wildman–Crippen MR) is 89.6 cm³/mol. The van der Waals surface area contributed by atoms with Crippen LogP contribution in [0.15, 0.2) is 41.0 Å². The number of aromatic nitrogens is 1. The molecular formula is C14H10BrCl2N3O2. The molecule has 0 radical (unpaired) electrons. The van der Waals surface area contributed by atoms with Crippen LogP contribution < -0.4 is 10.9 Å². The highest BCUT2D eigenvalue weighted by atomic mass is 79.9. The van der Waals surface area contributed by atoms with E-state index in [1.54, 1.807) is 30.5 Å². The second-order valence-corrected chi connectivity index (χ2v) is 5.85. The number of hydrazine groups is 1. The Morgan fingerprint density at radius 3 is 2.68 bits per heavy atom. The maximum absolute atomic E-state index is 11.7. The maximum Gasteiger partial charge on any atom is 0.286 e. The number of amides is 2. The van der Waals surface area contributed by atoms with Crippen LogP contribution in [0.1, 0.15) is 16.1 Å². The number of carbonyl (C=O) groups is 2. The number of hydrogen-bond acceptors (Lipinski definition) is 2. The summed E-state index contributed by atoms with van der Waals surface area (Å²) in [6.45, 7) is 0. The highest BCUT2D eigenvalue weighted by molar-refractivity contribution is 9.10. The summed E-state index contributed by atoms with van der Waals surface area (Å²) in [4.78, 5) is 26.1. The lowest BCUT2D eigenvalue weighted by Crippen LogP contribution is -2.40. The third-order valence-corrected chi connectivity index (χ3v) is 3.88. The first-order valence-electron chi connectivity index (χ1n) is 6.03. The van der Waals surface area contributed by atoms with Crippen molar-refractivity contribution in [2.45, 2.75) is 0 Å². The minimum atomic E-state index is -0.505. The SMILES string of the molecule is O=C(/C=C/c1cccc(Cl)c1Cl)NNC(=O)c1cc(Br)c[nH]1. The van der Waals surface area contributed by atoms with Gasteiger partial charge < -0.3 is 4.98 Å². The molecule has 114 valence electrons. The normalized spacial score (nSPS) is 10.7. The fraction of sp³-hybridized carbons (Fsp3) is 0. The van der Waals surface area contributed by atoms with Crippen molar-refractivity contribution in [1.82, 2.24) is 15.8 Å². The number of hydrogen-bond donors (Lipinski definition) is 3. The third kappa shape index (κ3) is 4.37. The van der Waals surface area contributed by atoms with Crippen LogP contribution in [-0.4, -0.2) is 16.8 Å². The Labute approximate surface area is 144 Å². The smallest absolute Gasteiger partial charge is 0.286 e. The molecule has 1 aromatic carbocycles. The Kier molecular flexibility index (Phi) is 5.65. The summed E-state index contributed by atoms with van der Waals surface area (Å²) in [6, 6.07) is 6.67. The minimum Gasteiger partial charge on any atom is -0.356 e. The summed E-state index contributed by atoms with van der Waals surface area (Å²) in [5, 5.41) is 0.753. The molecule has 0 atom stereocenters. The number of benzene rings is 1. The van der Waals surface area contributed by atoms with E-state index in [0.29, 0.717) is 21.3 Å². The zero-order valence-electron chi connectivity index (χ0n) is 11.0. The van der Waals surface area contributed by atoms with Crippen molar-refractivity contribution in [3.05, 3.63) is 62.3 Å². The fourth-order valence-electron chi connectivity index (χ4n) is 1.54. The quantitative estimate of drug-likeness (QED) is 0.542. The summed E-state index contributed by atoms with van der Waals surface area (Å²) >= 11 is 15.1. The largest absolute Gasteiger partial charge is 0.356 e. The van der Waals surface area contributed by atoms with E-state index in [0.717, 1.165) is 4.47 Å². The van der Waals surface area contributed by atoms with Gasteiger partial charge >= 0.3 is 0 Å². The lowest BCUT2D eigenvalue weighted by molar-refractivity contribution is -0.117. The molecule has 0 aliphatic heterocycles. The van der Waals surface area contributed by atoms with Crippen molar-refractivity contribution in [1.29, 1.82) is 0 Å². The molecule has 1 heterocycles. The van der Waals surface area contributed by atoms with Crippen LogP contribution in [0.5, 0.6) is 0 Å². The van der Waals surface area contributed by atoms with E-state index < -0.39 is 11.8 Å². The maximum atomic E-state index is 11.7. The van der Waals surface area contributed by atoms with Crippen LogP contribution in [0, 0.1) is 0 Å². The summed E-state index contributed by atoms with van der Waals surface area (Å²) in [5.74, 6) is -0.969. The van der Waals surface area contributed by atoms with Gasteiger partial charge in [0.15, 0.2) is 0 Å². The third-order valence-electron chi connectivity index (χ3n) is 2.59. The van der Waals surface area contributed by atoms with Gasteiger partial charge in [0, 0.05) is 16.7 Å². The van der Waals surface area contributed by atoms with Gasteiger partial charge in [-0.2, -0.15) is 0 Å². The summed E-state index contributed by atoms with van der Waals surface area (Å²) in [5.41, 5.74) is 5.45. The van der Waals surface area contributed by atoms with Crippen LogP contribution >= 0.6 is 39.1 Å². The first-order valence-corrected chi connectivity index (χ1v) is 7.58. The van der Waals surface area contributed by atoms with Gasteiger partial charge in [0.05, 0.1) is 10.0 Å². The number of halogens is 3. The van der Waals surface area contributed by atoms with Gasteiger partial charge in [-0.05, 0) is 39.7 Å². The Bertz CT molecular complexity index is 743. The van der Waals surface area contributed by atoms with Gasteiger partial charge in [0.2, 0.25) is 0 Å². The van der Waals surface area contributed by atoms with Crippen molar-refractivity contribution in [2.24, 2.45) is 0 Å². The van der Waals surface area contributed by atoms with Gasteiger partial charge in [-0.25, -0.2) is 0 Å². The molecule has 2 amide bonds. The second-order valence-electron chi connectivity index (χ2n) is 4.15. The first-order chi connectivity index (χ1) is 10.5. The van der Waals surface area contributed by atoms with Crippen molar-refractivity contribution in [2.75, 3.05) is 0 Å². The van der Waals surface area contributed by atoms with Gasteiger partial charge in [-0.1, -0.05) is 35.3 Å². The number of nitrogens with one attached hydrogen (secondary N) is 3. The molecule has 0 saturated heterocycles. The van der Waals surface area contributed by atoms with Crippen molar-refractivity contribution in [3.8, 4) is 0 Å². The molecule has 2 aromatic rings. The van der Waals surface area contributed by atoms with E-state index >= 15 is 0 Å². The van der Waals surface area contributed by atoms with E-state index in [2.05, 4.69) is 31.8 Å². The summed E-state index contributed by atoms with van der Waals surface area (Å²) < 4.78 is 0.736. The van der Waals surface area contributed by atoms with E-state index in [1.165, 1.54) is 12.2 Å². The van der Waals surface area contributed by atoms with Crippen LogP contribution in [0.3, 0.4) is 0 Å². The molecule has 0 aliphatic carbocycles. The molecule has 0 bridgehead atoms. The van der Waals surface area contributed by atoms with E-state index in [9.17, 15) is 9.59 Å². The van der Waals surface area contributed by atoms with Gasteiger partial charge in [-0.3, -0.25) is 20.4 Å². The highest BCUT2D eigenvalue weighted by Crippen LogP contribution is 2.26. The zero-order valence-corrected chi connectivity index (χ0v) is 14.1. The van der Waals surface area contributed by atoms with Crippen LogP contribution in [-0.2, 0) is 4.79 Å². The number of aromatic amines is 1. The van der Waals surface area contributed by atoms with Gasteiger partial charge in [0.1, 0.15) is 5.69 Å². The fourth-order valence-corrected chi connectivity index (χ4v) is 2.26. The Hall–Kier alpha value is -1.76. The standard InChI is InChI=1S/C14H10BrCl2N3O2/c15-9-6-11(18-7-9)14(22)20-19-12(21)5-4-8-2-1-3-10(16)13(8)17/h1-7,18H,(H,19,21)(H,20,22)/b5-4+. The number of carbonyl (C=O) groups excluding carboxylic acids is 2. The van der Waals surface area contributed by atoms with E-state index in [1.807, 2.05) is 0 Å². The Morgan fingerprint density at radius 1 is 1.23 bits per heavy atom. The molecule has 0 aliphatic rings. The van der Waals surface area contributed by atoms with Gasteiger partial charge in [-0.15, -0.1) is 0 Å². The van der Waals surface area contributed by atoms with E-state index in [4.69, 9.17) is 23.2 Å². The van der Waals surface area contributed by atoms with Crippen molar-refractivity contribution >= 4 is 57.0 Å². The predicted octanol–water partition coefficient (Wildman–Crippen LogP) is 3.56. The average Bonchev–Trinajstić information content (AvgIpc) is 2.93. The van der Waals surface area contributed by atoms with Crippen molar-refractivity contribution < 1.29 is 9.59 Å². The summed E-state index contributed by atoms with van der Waals surface area (Å²) in [7, 11) is 0. The topological polar surface area (TPSA) is 74.0 Å². The minimum absolute atomic E-state index is 0.314. The molecule has 0 spiro atoms. The van der Waals surface area contributed by atoms with Crippen LogP contribution in [0.25, 0.3) is 6.08 Å². The van der Waals surface area contributed by atoms with Gasteiger partial charge in [0.25, 0.3) is 11.8 Å². The number of rotatable bonds is 3. The molecule has 0 unspecified atom stereocenters. The Balaban J connectivity index is 1.91. The van der Waals surface area contributed by atoms with Crippen LogP contribution in [0.2, 0.25) is 10.0 Å². The molecule has 2 rings (SSSR count). The number of H-pyrrole nitrogens is 1. The average molecular weight is 403 g/mol. The summed E-state index contributed by atoms with van der Waals surface area (Å²) in [6.07, 6.45) is 4.35. The first kappa shape index (κ1) is 16.6. The highest BCUT2D eigenvalue weighted by Gasteiger charge is 2.08. The monoisotopic (exact) mass is 401 g/mol. The second kappa shape index (κ2) is 7.49. The molecular weight excluding hydrogens is 393 g/mol. The van der Waals surface area contributed by atoms with Crippen molar-refractivity contribution in [3.63, 3.8) is 0 Å². The molecule has 22 heavy (non-hydrogen) atoms. The molecule has 8 heteroatoms. The Morgan fingerprint density at radius 2 is 2.00 bits per heavy atom. The molecule has 3 N–H and O–H groups in total. The lowest BCUT2D eigenvalue weighted by atomic mass is 10.2. The van der Waals surface area contributed by atoms with Crippen LogP contribution in [0.4, 0.5) is 0 Å². The molecule has 1 aromatic heterocycles. The molecule has 0 saturated carbocycles. The molecule has 0 fully saturated rings.